The molecule has 2 heterocycles. The molecular weight excluding hydrogens is 222 g/mol. The van der Waals surface area contributed by atoms with E-state index in [0.29, 0.717) is 12.2 Å². The summed E-state index contributed by atoms with van der Waals surface area (Å²) in [6, 6.07) is 6.99. The van der Waals surface area contributed by atoms with Crippen LogP contribution in [0.2, 0.25) is 0 Å². The molecule has 3 aliphatic rings. The molecule has 3 atom stereocenters. The molecule has 0 amide bonds. The zero-order chi connectivity index (χ0) is 12.2. The van der Waals surface area contributed by atoms with Gasteiger partial charge in [-0.25, -0.2) is 0 Å². The van der Waals surface area contributed by atoms with Crippen LogP contribution in [0.1, 0.15) is 42.4 Å². The summed E-state index contributed by atoms with van der Waals surface area (Å²) in [4.78, 5) is 0. The summed E-state index contributed by atoms with van der Waals surface area (Å²) >= 11 is 0. The molecule has 2 N–H and O–H groups in total. The molecule has 2 heteroatoms. The standard InChI is InChI=1S/C16H21NO/c17-16(10-14-6-7-15(16)18-14)9-11-4-5-12-2-1-3-13(12)8-11/h4-5,8,14-15H,1-3,6-7,9-10,17H2. The minimum atomic E-state index is -0.101. The molecular formula is C16H21NO. The minimum Gasteiger partial charge on any atom is -0.373 e. The Hall–Kier alpha value is -0.860. The van der Waals surface area contributed by atoms with E-state index in [1.807, 2.05) is 0 Å². The molecule has 0 radical (unpaired) electrons. The Bertz CT molecular complexity index is 484. The van der Waals surface area contributed by atoms with Crippen LogP contribution in [-0.2, 0) is 24.0 Å². The Morgan fingerprint density at radius 3 is 2.89 bits per heavy atom. The zero-order valence-corrected chi connectivity index (χ0v) is 10.8. The van der Waals surface area contributed by atoms with Gasteiger partial charge in [-0.15, -0.1) is 0 Å². The molecule has 1 aromatic rings. The third-order valence-electron chi connectivity index (χ3n) is 5.05. The fourth-order valence-electron chi connectivity index (χ4n) is 4.14. The quantitative estimate of drug-likeness (QED) is 0.865. The van der Waals surface area contributed by atoms with Crippen LogP contribution in [0.4, 0.5) is 0 Å². The van der Waals surface area contributed by atoms with Crippen LogP contribution in [0.25, 0.3) is 0 Å². The van der Waals surface area contributed by atoms with Crippen molar-refractivity contribution in [2.24, 2.45) is 5.73 Å². The lowest BCUT2D eigenvalue weighted by molar-refractivity contribution is 0.0856. The first-order valence-corrected chi connectivity index (χ1v) is 7.28. The Morgan fingerprint density at radius 1 is 1.22 bits per heavy atom. The van der Waals surface area contributed by atoms with Crippen molar-refractivity contribution in [1.82, 2.24) is 0 Å². The normalized spacial score (nSPS) is 37.2. The van der Waals surface area contributed by atoms with E-state index in [1.54, 1.807) is 11.1 Å². The van der Waals surface area contributed by atoms with Gasteiger partial charge < -0.3 is 10.5 Å². The summed E-state index contributed by atoms with van der Waals surface area (Å²) in [5.41, 5.74) is 11.0. The van der Waals surface area contributed by atoms with E-state index < -0.39 is 0 Å². The number of aryl methyl sites for hydroxylation is 2. The number of ether oxygens (including phenoxy) is 1. The molecule has 0 spiro atoms. The number of hydrogen-bond acceptors (Lipinski definition) is 2. The average Bonchev–Trinajstić information content (AvgIpc) is 3.01. The lowest BCUT2D eigenvalue weighted by Crippen LogP contribution is -2.50. The Kier molecular flexibility index (Phi) is 2.33. The first kappa shape index (κ1) is 11.0. The van der Waals surface area contributed by atoms with Crippen molar-refractivity contribution in [1.29, 1.82) is 0 Å². The SMILES string of the molecule is NC1(Cc2ccc3c(c2)CCC3)CC2CCC1O2. The van der Waals surface area contributed by atoms with Crippen molar-refractivity contribution in [2.45, 2.75) is 62.7 Å². The highest BCUT2D eigenvalue weighted by molar-refractivity contribution is 5.36. The van der Waals surface area contributed by atoms with E-state index >= 15 is 0 Å². The molecule has 3 unspecified atom stereocenters. The maximum absolute atomic E-state index is 6.60. The first-order valence-electron chi connectivity index (χ1n) is 7.28. The average molecular weight is 243 g/mol. The van der Waals surface area contributed by atoms with Crippen LogP contribution in [0.15, 0.2) is 18.2 Å². The topological polar surface area (TPSA) is 35.2 Å². The number of rotatable bonds is 2. The fraction of sp³-hybridized carbons (Fsp3) is 0.625. The molecule has 2 bridgehead atoms. The van der Waals surface area contributed by atoms with Crippen molar-refractivity contribution in [3.05, 3.63) is 34.9 Å². The maximum atomic E-state index is 6.60. The van der Waals surface area contributed by atoms with Crippen LogP contribution in [0.5, 0.6) is 0 Å². The van der Waals surface area contributed by atoms with Crippen LogP contribution < -0.4 is 5.73 Å². The molecule has 0 aromatic heterocycles. The van der Waals surface area contributed by atoms with Crippen molar-refractivity contribution in [2.75, 3.05) is 0 Å². The Balaban J connectivity index is 1.58. The van der Waals surface area contributed by atoms with E-state index in [9.17, 15) is 0 Å². The second-order valence-corrected chi connectivity index (χ2v) is 6.39. The monoisotopic (exact) mass is 243 g/mol. The highest BCUT2D eigenvalue weighted by atomic mass is 16.5. The van der Waals surface area contributed by atoms with Crippen LogP contribution in [-0.4, -0.2) is 17.7 Å². The van der Waals surface area contributed by atoms with Gasteiger partial charge >= 0.3 is 0 Å². The summed E-state index contributed by atoms with van der Waals surface area (Å²) in [5, 5.41) is 0. The summed E-state index contributed by atoms with van der Waals surface area (Å²) in [6.07, 6.45) is 8.99. The van der Waals surface area contributed by atoms with E-state index in [1.165, 1.54) is 31.2 Å². The molecule has 1 aromatic carbocycles. The Labute approximate surface area is 109 Å². The number of nitrogens with two attached hydrogens (primary N) is 1. The largest absolute Gasteiger partial charge is 0.373 e. The molecule has 0 saturated carbocycles. The van der Waals surface area contributed by atoms with Crippen molar-refractivity contribution < 1.29 is 4.74 Å². The lowest BCUT2D eigenvalue weighted by Gasteiger charge is -2.31. The zero-order valence-electron chi connectivity index (χ0n) is 10.8. The number of hydrogen-bond donors (Lipinski definition) is 1. The summed E-state index contributed by atoms with van der Waals surface area (Å²) < 4.78 is 5.93. The third kappa shape index (κ3) is 1.63. The molecule has 2 saturated heterocycles. The van der Waals surface area contributed by atoms with Crippen LogP contribution in [0.3, 0.4) is 0 Å². The molecule has 1 aliphatic carbocycles. The van der Waals surface area contributed by atoms with Gasteiger partial charge in [0.05, 0.1) is 12.2 Å². The van der Waals surface area contributed by atoms with Gasteiger partial charge in [0.1, 0.15) is 0 Å². The van der Waals surface area contributed by atoms with Gasteiger partial charge in [0, 0.05) is 5.54 Å². The molecule has 2 nitrogen and oxygen atoms in total. The molecule has 4 rings (SSSR count). The molecule has 2 aliphatic heterocycles. The maximum Gasteiger partial charge on any atom is 0.0763 e. The molecule has 18 heavy (non-hydrogen) atoms. The van der Waals surface area contributed by atoms with Gasteiger partial charge in [0.2, 0.25) is 0 Å². The van der Waals surface area contributed by atoms with Gasteiger partial charge in [0.15, 0.2) is 0 Å². The second-order valence-electron chi connectivity index (χ2n) is 6.39. The summed E-state index contributed by atoms with van der Waals surface area (Å²) in [6.45, 7) is 0. The third-order valence-corrected chi connectivity index (χ3v) is 5.05. The molecule has 96 valence electrons. The van der Waals surface area contributed by atoms with Crippen LogP contribution >= 0.6 is 0 Å². The van der Waals surface area contributed by atoms with Gasteiger partial charge in [-0.3, -0.25) is 0 Å². The van der Waals surface area contributed by atoms with E-state index in [0.717, 1.165) is 19.3 Å². The van der Waals surface area contributed by atoms with E-state index in [2.05, 4.69) is 18.2 Å². The van der Waals surface area contributed by atoms with Crippen molar-refractivity contribution in [3.8, 4) is 0 Å². The lowest BCUT2D eigenvalue weighted by atomic mass is 9.78. The molecule has 2 fully saturated rings. The van der Waals surface area contributed by atoms with Gasteiger partial charge in [0.25, 0.3) is 0 Å². The highest BCUT2D eigenvalue weighted by Crippen LogP contribution is 2.42. The van der Waals surface area contributed by atoms with E-state index in [4.69, 9.17) is 10.5 Å². The van der Waals surface area contributed by atoms with E-state index in [-0.39, 0.29) is 5.54 Å². The van der Waals surface area contributed by atoms with Gasteiger partial charge in [-0.2, -0.15) is 0 Å². The number of benzene rings is 1. The van der Waals surface area contributed by atoms with Gasteiger partial charge in [-0.05, 0) is 61.6 Å². The minimum absolute atomic E-state index is 0.101. The second kappa shape index (κ2) is 3.82. The van der Waals surface area contributed by atoms with Crippen molar-refractivity contribution in [3.63, 3.8) is 0 Å². The van der Waals surface area contributed by atoms with Gasteiger partial charge in [-0.1, -0.05) is 18.2 Å². The van der Waals surface area contributed by atoms with Crippen LogP contribution in [0, 0.1) is 0 Å². The predicted molar refractivity (Wildman–Crippen MR) is 71.6 cm³/mol. The predicted octanol–water partition coefficient (Wildman–Crippen LogP) is 2.37. The fourth-order valence-corrected chi connectivity index (χ4v) is 4.14. The summed E-state index contributed by atoms with van der Waals surface area (Å²) in [5.74, 6) is 0. The Morgan fingerprint density at radius 2 is 2.11 bits per heavy atom. The van der Waals surface area contributed by atoms with Crippen molar-refractivity contribution >= 4 is 0 Å². The smallest absolute Gasteiger partial charge is 0.0763 e. The highest BCUT2D eigenvalue weighted by Gasteiger charge is 2.49. The number of fused-ring (bicyclic) bond motifs is 3. The summed E-state index contributed by atoms with van der Waals surface area (Å²) in [7, 11) is 0. The first-order chi connectivity index (χ1) is 8.73.